The Bertz CT molecular complexity index is 4190. The topological polar surface area (TPSA) is 0 Å². The van der Waals surface area contributed by atoms with Crippen molar-refractivity contribution >= 4 is 64.6 Å². The Morgan fingerprint density at radius 2 is 0.594 bits per heavy atom. The molecule has 0 amide bonds. The molecule has 1 aliphatic carbocycles. The third-order valence-electron chi connectivity index (χ3n) is 15.5. The van der Waals surface area contributed by atoms with E-state index < -0.39 is 0 Å². The zero-order valence-electron chi connectivity index (χ0n) is 38.6. The number of hydrogen-bond donors (Lipinski definition) is 0. The zero-order chi connectivity index (χ0) is 45.8. The summed E-state index contributed by atoms with van der Waals surface area (Å²) < 4.78 is 0. The molecule has 13 aromatic rings. The van der Waals surface area contributed by atoms with Crippen molar-refractivity contribution in [1.82, 2.24) is 0 Å². The summed E-state index contributed by atoms with van der Waals surface area (Å²) in [7, 11) is 0. The molecule has 0 saturated carbocycles. The molecule has 0 spiro atoms. The fourth-order valence-electron chi connectivity index (χ4n) is 12.3. The molecule has 0 radical (unpaired) electrons. The Labute approximate surface area is 402 Å². The van der Waals surface area contributed by atoms with Gasteiger partial charge in [-0.05, 0) is 155 Å². The highest BCUT2D eigenvalue weighted by atomic mass is 14.4. The summed E-state index contributed by atoms with van der Waals surface area (Å²) in [5.41, 5.74) is 17.9. The molecular formula is C69H46. The van der Waals surface area contributed by atoms with Gasteiger partial charge in [-0.2, -0.15) is 0 Å². The van der Waals surface area contributed by atoms with Crippen LogP contribution < -0.4 is 0 Å². The minimum absolute atomic E-state index is 0.0787. The lowest BCUT2D eigenvalue weighted by atomic mass is 9.80. The third-order valence-corrected chi connectivity index (χ3v) is 15.5. The van der Waals surface area contributed by atoms with Crippen molar-refractivity contribution in [1.29, 1.82) is 0 Å². The van der Waals surface area contributed by atoms with E-state index in [1.807, 2.05) is 0 Å². The summed E-state index contributed by atoms with van der Waals surface area (Å²) in [6.07, 6.45) is 0. The van der Waals surface area contributed by atoms with Gasteiger partial charge in [-0.3, -0.25) is 0 Å². The van der Waals surface area contributed by atoms with E-state index in [1.54, 1.807) is 0 Å². The predicted octanol–water partition coefficient (Wildman–Crippen LogP) is 19.2. The Balaban J connectivity index is 0.956. The van der Waals surface area contributed by atoms with Crippen molar-refractivity contribution in [3.05, 3.63) is 254 Å². The highest BCUT2D eigenvalue weighted by molar-refractivity contribution is 6.26. The molecule has 0 bridgehead atoms. The zero-order valence-corrected chi connectivity index (χ0v) is 38.6. The van der Waals surface area contributed by atoms with Crippen LogP contribution in [0.15, 0.2) is 243 Å². The van der Waals surface area contributed by atoms with E-state index in [4.69, 9.17) is 0 Å². The van der Waals surface area contributed by atoms with Gasteiger partial charge in [0.05, 0.1) is 0 Å². The van der Waals surface area contributed by atoms with Gasteiger partial charge in [0.2, 0.25) is 0 Å². The highest BCUT2D eigenvalue weighted by Crippen LogP contribution is 2.52. The van der Waals surface area contributed by atoms with Crippen LogP contribution in [0.5, 0.6) is 0 Å². The van der Waals surface area contributed by atoms with Crippen molar-refractivity contribution in [3.63, 3.8) is 0 Å². The SMILES string of the molecule is CC1(C)c2ccccc2-c2ccc(-c3c4ccccc4c(-c4ccc(-c5ccc6c(-c7cccc8ccccc78)c7ccccc7c(-c7cccc8ccccc78)c6c5)cc4)c4ccccc34)cc21. The summed E-state index contributed by atoms with van der Waals surface area (Å²) in [6.45, 7) is 4.75. The lowest BCUT2D eigenvalue weighted by molar-refractivity contribution is 0.660. The second kappa shape index (κ2) is 15.2. The van der Waals surface area contributed by atoms with Crippen LogP contribution in [0.1, 0.15) is 25.0 Å². The molecule has 0 atom stereocenters. The number of hydrogen-bond acceptors (Lipinski definition) is 0. The van der Waals surface area contributed by atoms with Crippen LogP contribution in [0.4, 0.5) is 0 Å². The van der Waals surface area contributed by atoms with Crippen LogP contribution in [-0.4, -0.2) is 0 Å². The molecular weight excluding hydrogens is 829 g/mol. The van der Waals surface area contributed by atoms with Crippen LogP contribution >= 0.6 is 0 Å². The Morgan fingerprint density at radius 1 is 0.217 bits per heavy atom. The molecule has 0 aliphatic heterocycles. The van der Waals surface area contributed by atoms with Crippen molar-refractivity contribution in [2.75, 3.05) is 0 Å². The molecule has 0 heterocycles. The predicted molar refractivity (Wildman–Crippen MR) is 296 cm³/mol. The van der Waals surface area contributed by atoms with E-state index in [0.29, 0.717) is 0 Å². The van der Waals surface area contributed by atoms with Gasteiger partial charge in [0, 0.05) is 5.41 Å². The quantitative estimate of drug-likeness (QED) is 0.151. The Morgan fingerprint density at radius 3 is 1.17 bits per heavy atom. The maximum Gasteiger partial charge on any atom is 0.0159 e. The van der Waals surface area contributed by atoms with Crippen molar-refractivity contribution in [3.8, 4) is 66.8 Å². The lowest BCUT2D eigenvalue weighted by Gasteiger charge is -2.23. The monoisotopic (exact) mass is 874 g/mol. The molecule has 14 rings (SSSR count). The third kappa shape index (κ3) is 5.95. The van der Waals surface area contributed by atoms with Gasteiger partial charge in [0.25, 0.3) is 0 Å². The van der Waals surface area contributed by atoms with Crippen molar-refractivity contribution in [2.45, 2.75) is 19.3 Å². The minimum Gasteiger partial charge on any atom is -0.0619 e. The molecule has 0 N–H and O–H groups in total. The first-order valence-corrected chi connectivity index (χ1v) is 24.2. The van der Waals surface area contributed by atoms with Crippen molar-refractivity contribution in [2.24, 2.45) is 0 Å². The molecule has 1 aliphatic rings. The van der Waals surface area contributed by atoms with Gasteiger partial charge >= 0.3 is 0 Å². The van der Waals surface area contributed by atoms with Crippen molar-refractivity contribution < 1.29 is 0 Å². The largest absolute Gasteiger partial charge is 0.0619 e. The molecule has 0 unspecified atom stereocenters. The van der Waals surface area contributed by atoms with E-state index in [0.717, 1.165) is 0 Å². The van der Waals surface area contributed by atoms with Gasteiger partial charge in [0.15, 0.2) is 0 Å². The van der Waals surface area contributed by atoms with Crippen LogP contribution in [0.2, 0.25) is 0 Å². The standard InChI is InChI=1S/C69H46/c1-69(2)63-32-14-13-23-51(63)52-39-38-48(42-64(52)69)66-57-26-9-7-24-55(57)65(56-25-8-10-27-58(56)66)46-35-33-43(34-36-46)47-37-40-61-62(41-47)68(54-31-16-20-45-18-4-6-22-50(45)54)60-29-12-11-28-59(60)67(61)53-30-15-19-44-17-3-5-21-49(44)53/h3-42H,1-2H3. The molecule has 0 heteroatoms. The van der Waals surface area contributed by atoms with Gasteiger partial charge in [0.1, 0.15) is 0 Å². The molecule has 0 saturated heterocycles. The average Bonchev–Trinajstić information content (AvgIpc) is 3.64. The normalized spacial score (nSPS) is 12.9. The van der Waals surface area contributed by atoms with E-state index in [9.17, 15) is 0 Å². The maximum atomic E-state index is 2.47. The molecule has 69 heavy (non-hydrogen) atoms. The maximum absolute atomic E-state index is 2.47. The molecule has 13 aromatic carbocycles. The summed E-state index contributed by atoms with van der Waals surface area (Å²) in [4.78, 5) is 0. The smallest absolute Gasteiger partial charge is 0.0159 e. The fourth-order valence-corrected chi connectivity index (χ4v) is 12.3. The Kier molecular flexibility index (Phi) is 8.73. The second-order valence-corrected chi connectivity index (χ2v) is 19.5. The van der Waals surface area contributed by atoms with E-state index in [2.05, 4.69) is 257 Å². The van der Waals surface area contributed by atoms with Crippen LogP contribution in [0.3, 0.4) is 0 Å². The fraction of sp³-hybridized carbons (Fsp3) is 0.0435. The van der Waals surface area contributed by atoms with E-state index >= 15 is 0 Å². The summed E-state index contributed by atoms with van der Waals surface area (Å²) >= 11 is 0. The lowest BCUT2D eigenvalue weighted by Crippen LogP contribution is -2.14. The van der Waals surface area contributed by atoms with E-state index in [1.165, 1.54) is 143 Å². The van der Waals surface area contributed by atoms with E-state index in [-0.39, 0.29) is 5.41 Å². The van der Waals surface area contributed by atoms with Crippen LogP contribution in [0, 0.1) is 0 Å². The first-order chi connectivity index (χ1) is 34.0. The summed E-state index contributed by atoms with van der Waals surface area (Å²) in [5.74, 6) is 0. The Hall–Kier alpha value is -8.58. The molecule has 0 nitrogen and oxygen atoms in total. The minimum atomic E-state index is -0.0787. The van der Waals surface area contributed by atoms with Gasteiger partial charge in [-0.15, -0.1) is 0 Å². The highest BCUT2D eigenvalue weighted by Gasteiger charge is 2.35. The number of fused-ring (bicyclic) bond motifs is 9. The summed E-state index contributed by atoms with van der Waals surface area (Å²) in [5, 5.41) is 15.1. The average molecular weight is 875 g/mol. The van der Waals surface area contributed by atoms with Crippen LogP contribution in [0.25, 0.3) is 131 Å². The van der Waals surface area contributed by atoms with Crippen LogP contribution in [-0.2, 0) is 5.41 Å². The second-order valence-electron chi connectivity index (χ2n) is 19.5. The van der Waals surface area contributed by atoms with Gasteiger partial charge < -0.3 is 0 Å². The first kappa shape index (κ1) is 39.6. The number of benzene rings is 13. The van der Waals surface area contributed by atoms with Gasteiger partial charge in [-0.25, -0.2) is 0 Å². The first-order valence-electron chi connectivity index (χ1n) is 24.2. The molecule has 0 fully saturated rings. The van der Waals surface area contributed by atoms with Gasteiger partial charge in [-0.1, -0.05) is 244 Å². The molecule has 322 valence electrons. The number of rotatable bonds is 5. The summed E-state index contributed by atoms with van der Waals surface area (Å²) in [6, 6.07) is 90.8. The molecule has 0 aromatic heterocycles.